The molecule has 0 bridgehead atoms. The van der Waals surface area contributed by atoms with Gasteiger partial charge in [0.05, 0.1) is 11.0 Å². The van der Waals surface area contributed by atoms with E-state index in [0.717, 1.165) is 35.7 Å². The molecule has 0 aliphatic carbocycles. The molecule has 5 rings (SSSR count). The zero-order valence-electron chi connectivity index (χ0n) is 19.2. The Morgan fingerprint density at radius 2 is 1.74 bits per heavy atom. The summed E-state index contributed by atoms with van der Waals surface area (Å²) in [4.78, 5) is 19.1. The number of nitrogen functional groups attached to an aromatic ring is 1. The molecular formula is C27H28ClN5O. The number of nitrogens with two attached hydrogens (primary N) is 1. The smallest absolute Gasteiger partial charge is 0.335 e. The van der Waals surface area contributed by atoms with E-state index in [2.05, 4.69) is 21.7 Å². The molecule has 3 heterocycles. The minimum absolute atomic E-state index is 0.186. The summed E-state index contributed by atoms with van der Waals surface area (Å²) in [5.74, 6) is 12.1. The van der Waals surface area contributed by atoms with Gasteiger partial charge in [-0.3, -0.25) is 4.57 Å². The Hall–Kier alpha value is -3.53. The number of hydrogen-bond acceptors (Lipinski definition) is 4. The fraction of sp³-hybridized carbons (Fsp3) is 0.259. The average molecular weight is 474 g/mol. The highest BCUT2D eigenvalue weighted by Gasteiger charge is 2.15. The molecule has 2 N–H and O–H groups in total. The van der Waals surface area contributed by atoms with Crippen LogP contribution in [0.25, 0.3) is 11.0 Å². The lowest BCUT2D eigenvalue weighted by molar-refractivity contribution is 0.322. The Kier molecular flexibility index (Phi) is 7.69. The Bertz CT molecular complexity index is 1340. The van der Waals surface area contributed by atoms with Gasteiger partial charge in [-0.15, -0.1) is 0 Å². The number of hydrogen-bond donors (Lipinski definition) is 1. The summed E-state index contributed by atoms with van der Waals surface area (Å²) >= 11 is 5.61. The Balaban J connectivity index is 0.000000291. The lowest BCUT2D eigenvalue weighted by atomic mass is 10.2. The summed E-state index contributed by atoms with van der Waals surface area (Å²) < 4.78 is 2.97. The molecule has 0 amide bonds. The van der Waals surface area contributed by atoms with Crippen molar-refractivity contribution in [2.45, 2.75) is 26.3 Å². The maximum atomic E-state index is 12.5. The summed E-state index contributed by atoms with van der Waals surface area (Å²) in [6.07, 6.45) is 4.20. The van der Waals surface area contributed by atoms with Crippen molar-refractivity contribution < 1.29 is 0 Å². The van der Waals surface area contributed by atoms with Gasteiger partial charge < -0.3 is 10.7 Å². The molecule has 2 aromatic heterocycles. The molecule has 0 unspecified atom stereocenters. The van der Waals surface area contributed by atoms with Crippen LogP contribution in [0.3, 0.4) is 0 Å². The lowest BCUT2D eigenvalue weighted by Crippen LogP contribution is -2.32. The van der Waals surface area contributed by atoms with Crippen LogP contribution in [0.15, 0.2) is 71.7 Å². The molecule has 7 heteroatoms. The fourth-order valence-electron chi connectivity index (χ4n) is 3.93. The summed E-state index contributed by atoms with van der Waals surface area (Å²) in [7, 11) is 0. The van der Waals surface area contributed by atoms with Crippen molar-refractivity contribution in [2.75, 3.05) is 25.5 Å². The molecule has 0 saturated carbocycles. The number of likely N-dealkylation sites (tertiary alicyclic amines) is 1. The van der Waals surface area contributed by atoms with E-state index in [1.165, 1.54) is 23.1 Å². The molecule has 34 heavy (non-hydrogen) atoms. The van der Waals surface area contributed by atoms with Gasteiger partial charge in [-0.25, -0.2) is 14.5 Å². The van der Waals surface area contributed by atoms with Gasteiger partial charge in [0.25, 0.3) is 0 Å². The second kappa shape index (κ2) is 11.1. The number of nitrogens with zero attached hydrogens (tertiary/aromatic N) is 4. The van der Waals surface area contributed by atoms with Crippen LogP contribution in [-0.4, -0.2) is 38.8 Å². The Morgan fingerprint density at radius 1 is 0.971 bits per heavy atom. The quantitative estimate of drug-likeness (QED) is 0.360. The van der Waals surface area contributed by atoms with E-state index in [9.17, 15) is 4.79 Å². The highest BCUT2D eigenvalue weighted by Crippen LogP contribution is 2.15. The number of imidazole rings is 1. The van der Waals surface area contributed by atoms with Crippen LogP contribution in [0.4, 0.5) is 0 Å². The number of benzene rings is 2. The van der Waals surface area contributed by atoms with E-state index >= 15 is 0 Å². The van der Waals surface area contributed by atoms with Crippen LogP contribution in [0, 0.1) is 18.8 Å². The summed E-state index contributed by atoms with van der Waals surface area (Å²) in [6.45, 7) is 5.79. The number of aromatic nitrogens is 3. The minimum atomic E-state index is -0.186. The lowest BCUT2D eigenvalue weighted by Gasteiger charge is -2.14. The van der Waals surface area contributed by atoms with Crippen molar-refractivity contribution in [1.82, 2.24) is 19.1 Å². The van der Waals surface area contributed by atoms with Crippen molar-refractivity contribution >= 4 is 22.6 Å². The standard InChI is InChI=1S/C20H21N5O.C7H7Cl/c21-25-19-15-16(6-8-17-5-1-2-10-22-17)7-9-18(19)24(20(25)26)14-13-23-11-3-4-12-23;1-6-2-4-7(8)5-3-6/h1-2,5,7,9-10,15H,3-4,11-14,21H2;2-5H,1H3. The molecule has 174 valence electrons. The van der Waals surface area contributed by atoms with Crippen molar-refractivity contribution in [2.24, 2.45) is 0 Å². The molecule has 0 atom stereocenters. The van der Waals surface area contributed by atoms with Gasteiger partial charge in [-0.05, 0) is 81.2 Å². The Morgan fingerprint density at radius 3 is 2.41 bits per heavy atom. The molecule has 1 saturated heterocycles. The van der Waals surface area contributed by atoms with Gasteiger partial charge in [-0.2, -0.15) is 0 Å². The van der Waals surface area contributed by atoms with Gasteiger partial charge in [0, 0.05) is 29.9 Å². The highest BCUT2D eigenvalue weighted by atomic mass is 35.5. The van der Waals surface area contributed by atoms with Crippen LogP contribution in [-0.2, 0) is 6.54 Å². The molecule has 2 aromatic carbocycles. The number of pyridine rings is 1. The minimum Gasteiger partial charge on any atom is -0.335 e. The van der Waals surface area contributed by atoms with Gasteiger partial charge >= 0.3 is 5.69 Å². The first-order valence-electron chi connectivity index (χ1n) is 11.4. The average Bonchev–Trinajstić information content (AvgIpc) is 3.46. The number of aryl methyl sites for hydroxylation is 1. The number of fused-ring (bicyclic) bond motifs is 1. The van der Waals surface area contributed by atoms with E-state index in [4.69, 9.17) is 17.4 Å². The first kappa shape index (κ1) is 23.6. The van der Waals surface area contributed by atoms with Gasteiger partial charge in [0.1, 0.15) is 5.69 Å². The summed E-state index contributed by atoms with van der Waals surface area (Å²) in [6, 6.07) is 19.1. The molecule has 4 aromatic rings. The third-order valence-corrected chi connectivity index (χ3v) is 6.06. The molecule has 1 aliphatic heterocycles. The predicted octanol–water partition coefficient (Wildman–Crippen LogP) is 4.06. The molecule has 6 nitrogen and oxygen atoms in total. The predicted molar refractivity (Wildman–Crippen MR) is 138 cm³/mol. The third-order valence-electron chi connectivity index (χ3n) is 5.81. The van der Waals surface area contributed by atoms with Crippen LogP contribution in [0.2, 0.25) is 5.02 Å². The van der Waals surface area contributed by atoms with E-state index in [1.807, 2.05) is 67.6 Å². The van der Waals surface area contributed by atoms with E-state index < -0.39 is 0 Å². The molecule has 0 spiro atoms. The maximum Gasteiger partial charge on any atom is 0.347 e. The number of halogens is 1. The van der Waals surface area contributed by atoms with Crippen LogP contribution in [0.5, 0.6) is 0 Å². The highest BCUT2D eigenvalue weighted by molar-refractivity contribution is 6.30. The van der Waals surface area contributed by atoms with Crippen LogP contribution < -0.4 is 11.5 Å². The Labute approximate surface area is 204 Å². The zero-order chi connectivity index (χ0) is 23.9. The SMILES string of the molecule is Cc1ccc(Cl)cc1.Nn1c(=O)n(CCN2CCCC2)c2ccc(C#Cc3ccccn3)cc21. The van der Waals surface area contributed by atoms with Crippen molar-refractivity contribution in [3.8, 4) is 11.8 Å². The second-order valence-corrected chi connectivity index (χ2v) is 8.75. The van der Waals surface area contributed by atoms with E-state index in [-0.39, 0.29) is 5.69 Å². The normalized spacial score (nSPS) is 13.2. The van der Waals surface area contributed by atoms with Gasteiger partial charge in [0.2, 0.25) is 0 Å². The summed E-state index contributed by atoms with van der Waals surface area (Å²) in [5, 5.41) is 0.801. The van der Waals surface area contributed by atoms with Crippen molar-refractivity contribution in [3.63, 3.8) is 0 Å². The van der Waals surface area contributed by atoms with Gasteiger partial charge in [-0.1, -0.05) is 41.3 Å². The topological polar surface area (TPSA) is 69.1 Å². The van der Waals surface area contributed by atoms with E-state index in [0.29, 0.717) is 17.8 Å². The van der Waals surface area contributed by atoms with E-state index in [1.54, 1.807) is 10.8 Å². The van der Waals surface area contributed by atoms with Crippen LogP contribution in [0.1, 0.15) is 29.7 Å². The summed E-state index contributed by atoms with van der Waals surface area (Å²) in [5.41, 5.74) is 4.12. The van der Waals surface area contributed by atoms with Crippen LogP contribution >= 0.6 is 11.6 Å². The molecule has 1 fully saturated rings. The monoisotopic (exact) mass is 473 g/mol. The first-order chi connectivity index (χ1) is 16.5. The first-order valence-corrected chi connectivity index (χ1v) is 11.8. The van der Waals surface area contributed by atoms with Crippen molar-refractivity contribution in [1.29, 1.82) is 0 Å². The molecule has 1 aliphatic rings. The van der Waals surface area contributed by atoms with Crippen molar-refractivity contribution in [3.05, 3.63) is 99.2 Å². The molecular weight excluding hydrogens is 446 g/mol. The maximum absolute atomic E-state index is 12.5. The second-order valence-electron chi connectivity index (χ2n) is 8.32. The largest absolute Gasteiger partial charge is 0.347 e. The fourth-order valence-corrected chi connectivity index (χ4v) is 4.05. The third kappa shape index (κ3) is 5.88. The zero-order valence-corrected chi connectivity index (χ0v) is 20.0. The number of rotatable bonds is 3. The van der Waals surface area contributed by atoms with Gasteiger partial charge in [0.15, 0.2) is 0 Å². The molecule has 0 radical (unpaired) electrons.